The lowest BCUT2D eigenvalue weighted by Crippen LogP contribution is -2.33. The van der Waals surface area contributed by atoms with Gasteiger partial charge in [0.1, 0.15) is 12.4 Å². The highest BCUT2D eigenvalue weighted by Crippen LogP contribution is 2.33. The van der Waals surface area contributed by atoms with Gasteiger partial charge in [-0.2, -0.15) is 0 Å². The summed E-state index contributed by atoms with van der Waals surface area (Å²) in [5, 5.41) is 0. The van der Waals surface area contributed by atoms with Gasteiger partial charge in [-0.15, -0.1) is 0 Å². The quantitative estimate of drug-likeness (QED) is 0.411. The Morgan fingerprint density at radius 3 is 2.93 bits per heavy atom. The molecule has 1 fully saturated rings. The summed E-state index contributed by atoms with van der Waals surface area (Å²) in [7, 11) is 1.32. The van der Waals surface area contributed by atoms with Crippen molar-refractivity contribution >= 4 is 18.0 Å². The molecule has 1 saturated heterocycles. The van der Waals surface area contributed by atoms with E-state index >= 15 is 0 Å². The van der Waals surface area contributed by atoms with E-state index in [-0.39, 0.29) is 12.0 Å². The van der Waals surface area contributed by atoms with Crippen molar-refractivity contribution < 1.29 is 23.8 Å². The second-order valence-corrected chi connectivity index (χ2v) is 6.73. The highest BCUT2D eigenvalue weighted by molar-refractivity contribution is 6.16. The van der Waals surface area contributed by atoms with Crippen LogP contribution in [0.1, 0.15) is 25.3 Å². The summed E-state index contributed by atoms with van der Waals surface area (Å²) in [5.41, 5.74) is 1.97. The summed E-state index contributed by atoms with van der Waals surface area (Å²) in [5.74, 6) is -0.0759. The maximum atomic E-state index is 13.1. The number of amides is 1. The van der Waals surface area contributed by atoms with E-state index in [1.807, 2.05) is 24.3 Å². The molecule has 148 valence electrons. The maximum Gasteiger partial charge on any atom is 0.340 e. The zero-order chi connectivity index (χ0) is 20.1. The lowest BCUT2D eigenvalue weighted by molar-refractivity contribution is -0.136. The van der Waals surface area contributed by atoms with Crippen molar-refractivity contribution in [2.24, 2.45) is 0 Å². The van der Waals surface area contributed by atoms with E-state index in [2.05, 4.69) is 6.58 Å². The first-order chi connectivity index (χ1) is 13.5. The Morgan fingerprint density at radius 2 is 2.25 bits per heavy atom. The Kier molecular flexibility index (Phi) is 6.31. The monoisotopic (exact) mass is 383 g/mol. The molecule has 0 aliphatic carbocycles. The van der Waals surface area contributed by atoms with Crippen LogP contribution < -0.4 is 4.74 Å². The standard InChI is InChI=1S/C22H25NO5/c1-4-10-27-17-8-5-7-16(12-17)13-19-20(22(25)26-3)15(2)23(21(19)24)14-18-9-6-11-28-18/h4-5,7-8,12-13,18H,1,6,9-11,14H2,2-3H3/b19-13-/t18-/m0/s1. The van der Waals surface area contributed by atoms with Gasteiger partial charge in [-0.25, -0.2) is 4.79 Å². The molecule has 0 unspecified atom stereocenters. The Bertz CT molecular complexity index is 833. The number of esters is 1. The SMILES string of the molecule is C=CCOc1cccc(/C=C2\C(=O)N(C[C@@H]3CCCO3)C(C)=C2C(=O)OC)c1. The van der Waals surface area contributed by atoms with Crippen LogP contribution >= 0.6 is 0 Å². The number of benzene rings is 1. The molecule has 0 aromatic heterocycles. The minimum atomic E-state index is -0.522. The molecule has 28 heavy (non-hydrogen) atoms. The second kappa shape index (κ2) is 8.89. The van der Waals surface area contributed by atoms with E-state index in [0.717, 1.165) is 18.4 Å². The van der Waals surface area contributed by atoms with Crippen LogP contribution in [-0.4, -0.2) is 49.7 Å². The molecule has 6 heteroatoms. The molecular weight excluding hydrogens is 358 g/mol. The van der Waals surface area contributed by atoms with Crippen molar-refractivity contribution in [2.75, 3.05) is 26.9 Å². The molecule has 1 aromatic carbocycles. The third-order valence-electron chi connectivity index (χ3n) is 4.85. The molecule has 1 atom stereocenters. The number of methoxy groups -OCH3 is 1. The molecule has 0 bridgehead atoms. The lowest BCUT2D eigenvalue weighted by Gasteiger charge is -2.21. The third-order valence-corrected chi connectivity index (χ3v) is 4.85. The van der Waals surface area contributed by atoms with Crippen LogP contribution in [0.15, 0.2) is 53.8 Å². The molecule has 0 saturated carbocycles. The van der Waals surface area contributed by atoms with Gasteiger partial charge in [0.25, 0.3) is 5.91 Å². The van der Waals surface area contributed by atoms with Crippen molar-refractivity contribution in [2.45, 2.75) is 25.9 Å². The van der Waals surface area contributed by atoms with Crippen LogP contribution in [0.5, 0.6) is 5.75 Å². The van der Waals surface area contributed by atoms with Gasteiger partial charge in [-0.1, -0.05) is 24.8 Å². The van der Waals surface area contributed by atoms with Crippen molar-refractivity contribution in [1.29, 1.82) is 0 Å². The Morgan fingerprint density at radius 1 is 1.43 bits per heavy atom. The second-order valence-electron chi connectivity index (χ2n) is 6.73. The minimum Gasteiger partial charge on any atom is -0.490 e. The van der Waals surface area contributed by atoms with Gasteiger partial charge in [0.15, 0.2) is 0 Å². The highest BCUT2D eigenvalue weighted by Gasteiger charge is 2.38. The summed E-state index contributed by atoms with van der Waals surface area (Å²) in [4.78, 5) is 27.1. The molecule has 0 N–H and O–H groups in total. The zero-order valence-electron chi connectivity index (χ0n) is 16.3. The largest absolute Gasteiger partial charge is 0.490 e. The fourth-order valence-electron chi connectivity index (χ4n) is 3.46. The molecule has 2 aliphatic heterocycles. The highest BCUT2D eigenvalue weighted by atomic mass is 16.5. The number of ether oxygens (including phenoxy) is 3. The zero-order valence-corrected chi connectivity index (χ0v) is 16.3. The summed E-state index contributed by atoms with van der Waals surface area (Å²) >= 11 is 0. The summed E-state index contributed by atoms with van der Waals surface area (Å²) in [6.07, 6.45) is 5.25. The van der Waals surface area contributed by atoms with Crippen LogP contribution in [0.3, 0.4) is 0 Å². The third kappa shape index (κ3) is 4.17. The number of allylic oxidation sites excluding steroid dienone is 1. The van der Waals surface area contributed by atoms with Gasteiger partial charge in [-0.3, -0.25) is 4.79 Å². The van der Waals surface area contributed by atoms with E-state index in [4.69, 9.17) is 14.2 Å². The van der Waals surface area contributed by atoms with Crippen LogP contribution in [0.2, 0.25) is 0 Å². The van der Waals surface area contributed by atoms with E-state index < -0.39 is 5.97 Å². The number of carbonyl (C=O) groups excluding carboxylic acids is 2. The first kappa shape index (κ1) is 19.9. The molecular formula is C22H25NO5. The fourth-order valence-corrected chi connectivity index (χ4v) is 3.46. The molecule has 0 spiro atoms. The van der Waals surface area contributed by atoms with Crippen molar-refractivity contribution in [3.63, 3.8) is 0 Å². The summed E-state index contributed by atoms with van der Waals surface area (Å²) in [6.45, 7) is 6.93. The minimum absolute atomic E-state index is 0.00669. The van der Waals surface area contributed by atoms with Crippen LogP contribution in [0.25, 0.3) is 6.08 Å². The van der Waals surface area contributed by atoms with Crippen LogP contribution in [0.4, 0.5) is 0 Å². The van der Waals surface area contributed by atoms with Crippen molar-refractivity contribution in [3.8, 4) is 5.75 Å². The van der Waals surface area contributed by atoms with Crippen LogP contribution in [-0.2, 0) is 19.1 Å². The van der Waals surface area contributed by atoms with Gasteiger partial charge in [0.2, 0.25) is 0 Å². The molecule has 1 amide bonds. The predicted octanol–water partition coefficient (Wildman–Crippen LogP) is 3.10. The van der Waals surface area contributed by atoms with E-state index in [1.165, 1.54) is 7.11 Å². The van der Waals surface area contributed by atoms with Gasteiger partial charge in [0.05, 0.1) is 30.9 Å². The predicted molar refractivity (Wildman–Crippen MR) is 106 cm³/mol. The lowest BCUT2D eigenvalue weighted by atomic mass is 10.0. The Balaban J connectivity index is 1.93. The van der Waals surface area contributed by atoms with E-state index in [1.54, 1.807) is 24.0 Å². The Labute approximate surface area is 165 Å². The maximum absolute atomic E-state index is 13.1. The average molecular weight is 383 g/mol. The molecule has 2 heterocycles. The Hall–Kier alpha value is -2.86. The smallest absolute Gasteiger partial charge is 0.340 e. The van der Waals surface area contributed by atoms with Gasteiger partial charge < -0.3 is 19.1 Å². The fraction of sp³-hybridized carbons (Fsp3) is 0.364. The van der Waals surface area contributed by atoms with Gasteiger partial charge >= 0.3 is 5.97 Å². The molecule has 6 nitrogen and oxygen atoms in total. The van der Waals surface area contributed by atoms with Gasteiger partial charge in [-0.05, 0) is 43.5 Å². The number of nitrogens with zero attached hydrogens (tertiary/aromatic N) is 1. The van der Waals surface area contributed by atoms with Crippen LogP contribution in [0, 0.1) is 0 Å². The molecule has 3 rings (SSSR count). The normalized spacial score (nSPS) is 20.8. The summed E-state index contributed by atoms with van der Waals surface area (Å²) in [6, 6.07) is 7.33. The molecule has 2 aliphatic rings. The number of hydrogen-bond acceptors (Lipinski definition) is 5. The van der Waals surface area contributed by atoms with E-state index in [0.29, 0.717) is 42.4 Å². The van der Waals surface area contributed by atoms with E-state index in [9.17, 15) is 9.59 Å². The number of carbonyl (C=O) groups is 2. The molecule has 1 aromatic rings. The first-order valence-electron chi connectivity index (χ1n) is 9.33. The summed E-state index contributed by atoms with van der Waals surface area (Å²) < 4.78 is 16.1. The van der Waals surface area contributed by atoms with Crippen molar-refractivity contribution in [3.05, 3.63) is 59.3 Å². The number of rotatable bonds is 7. The average Bonchev–Trinajstić information content (AvgIpc) is 3.29. The number of hydrogen-bond donors (Lipinski definition) is 0. The first-order valence-corrected chi connectivity index (χ1v) is 9.33. The van der Waals surface area contributed by atoms with Crippen molar-refractivity contribution in [1.82, 2.24) is 4.90 Å². The topological polar surface area (TPSA) is 65.1 Å². The van der Waals surface area contributed by atoms with Gasteiger partial charge in [0, 0.05) is 12.3 Å². The molecule has 0 radical (unpaired) electrons.